The fourth-order valence-corrected chi connectivity index (χ4v) is 3.93. The van der Waals surface area contributed by atoms with E-state index in [0.29, 0.717) is 13.0 Å². The fourth-order valence-electron chi connectivity index (χ4n) is 3.93. The molecule has 1 atom stereocenters. The van der Waals surface area contributed by atoms with Crippen molar-refractivity contribution in [2.75, 3.05) is 14.2 Å². The number of carbonyl (C=O) groups is 1. The van der Waals surface area contributed by atoms with E-state index in [4.69, 9.17) is 9.47 Å². The van der Waals surface area contributed by atoms with E-state index in [9.17, 15) is 4.79 Å². The lowest BCUT2D eigenvalue weighted by atomic mass is 9.92. The number of ether oxygens (including phenoxy) is 2. The molecule has 1 saturated heterocycles. The number of nitrogens with zero attached hydrogens (tertiary/aromatic N) is 3. The largest absolute Gasteiger partial charge is 0.496 e. The predicted molar refractivity (Wildman–Crippen MR) is 106 cm³/mol. The summed E-state index contributed by atoms with van der Waals surface area (Å²) in [6.45, 7) is 0.511. The molecule has 6 heteroatoms. The zero-order chi connectivity index (χ0) is 19.5. The Hall–Kier alpha value is -3.15. The van der Waals surface area contributed by atoms with Gasteiger partial charge >= 0.3 is 0 Å². The number of hydrogen-bond acceptors (Lipinski definition) is 5. The van der Waals surface area contributed by atoms with Gasteiger partial charge in [0, 0.05) is 25.4 Å². The molecule has 0 N–H and O–H groups in total. The Morgan fingerprint density at radius 3 is 2.46 bits per heavy atom. The lowest BCUT2D eigenvalue weighted by Crippen LogP contribution is -2.38. The van der Waals surface area contributed by atoms with Crippen LogP contribution in [0.5, 0.6) is 11.5 Å². The van der Waals surface area contributed by atoms with Gasteiger partial charge in [-0.1, -0.05) is 12.1 Å². The second-order valence-corrected chi connectivity index (χ2v) is 6.89. The van der Waals surface area contributed by atoms with E-state index in [2.05, 4.69) is 9.97 Å². The summed E-state index contributed by atoms with van der Waals surface area (Å²) in [6.07, 6.45) is 5.64. The molecule has 28 heavy (non-hydrogen) atoms. The molecule has 2 aromatic carbocycles. The number of amides is 1. The van der Waals surface area contributed by atoms with Crippen LogP contribution in [-0.4, -0.2) is 35.0 Å². The molecular formula is C22H23N3O3. The van der Waals surface area contributed by atoms with Gasteiger partial charge in [-0.2, -0.15) is 0 Å². The van der Waals surface area contributed by atoms with Crippen molar-refractivity contribution in [2.24, 2.45) is 0 Å². The molecule has 0 bridgehead atoms. The number of hydrogen-bond donors (Lipinski definition) is 0. The Labute approximate surface area is 164 Å². The van der Waals surface area contributed by atoms with Crippen LogP contribution in [-0.2, 0) is 11.3 Å². The quantitative estimate of drug-likeness (QED) is 0.675. The molecule has 0 radical (unpaired) electrons. The summed E-state index contributed by atoms with van der Waals surface area (Å²) >= 11 is 0. The molecule has 1 aliphatic rings. The number of aromatic nitrogens is 2. The molecule has 1 fully saturated rings. The van der Waals surface area contributed by atoms with Gasteiger partial charge in [0.15, 0.2) is 0 Å². The maximum absolute atomic E-state index is 12.9. The minimum absolute atomic E-state index is 0.0927. The summed E-state index contributed by atoms with van der Waals surface area (Å²) in [5, 5.41) is 0. The van der Waals surface area contributed by atoms with Crippen LogP contribution in [0.3, 0.4) is 0 Å². The van der Waals surface area contributed by atoms with Gasteiger partial charge in [0.25, 0.3) is 0 Å². The van der Waals surface area contributed by atoms with Crippen molar-refractivity contribution < 1.29 is 14.3 Å². The second-order valence-electron chi connectivity index (χ2n) is 6.89. The van der Waals surface area contributed by atoms with Crippen molar-refractivity contribution in [1.29, 1.82) is 0 Å². The molecular weight excluding hydrogens is 354 g/mol. The van der Waals surface area contributed by atoms with E-state index in [1.54, 1.807) is 26.6 Å². The van der Waals surface area contributed by atoms with Gasteiger partial charge < -0.3 is 14.4 Å². The van der Waals surface area contributed by atoms with Gasteiger partial charge in [-0.3, -0.25) is 14.8 Å². The topological polar surface area (TPSA) is 64.6 Å². The molecule has 1 unspecified atom stereocenters. The summed E-state index contributed by atoms with van der Waals surface area (Å²) in [4.78, 5) is 23.5. The molecule has 3 aromatic rings. The molecule has 4 rings (SSSR count). The molecule has 1 amide bonds. The van der Waals surface area contributed by atoms with Crippen LogP contribution in [0.25, 0.3) is 11.0 Å². The third-order valence-electron chi connectivity index (χ3n) is 5.25. The third-order valence-corrected chi connectivity index (χ3v) is 5.25. The average molecular weight is 377 g/mol. The highest BCUT2D eigenvalue weighted by atomic mass is 16.5. The summed E-state index contributed by atoms with van der Waals surface area (Å²) in [6, 6.07) is 11.6. The highest BCUT2D eigenvalue weighted by Crippen LogP contribution is 2.42. The summed E-state index contributed by atoms with van der Waals surface area (Å²) in [5.41, 5.74) is 3.64. The van der Waals surface area contributed by atoms with Gasteiger partial charge in [-0.15, -0.1) is 0 Å². The van der Waals surface area contributed by atoms with Crippen LogP contribution in [0, 0.1) is 0 Å². The minimum atomic E-state index is -0.0927. The van der Waals surface area contributed by atoms with Crippen molar-refractivity contribution >= 4 is 16.9 Å². The van der Waals surface area contributed by atoms with Crippen molar-refractivity contribution in [3.05, 3.63) is 59.9 Å². The van der Waals surface area contributed by atoms with Crippen LogP contribution in [0.4, 0.5) is 0 Å². The average Bonchev–Trinajstić information content (AvgIpc) is 2.74. The lowest BCUT2D eigenvalue weighted by molar-refractivity contribution is -0.137. The van der Waals surface area contributed by atoms with E-state index in [1.165, 1.54) is 0 Å². The third kappa shape index (κ3) is 3.38. The number of rotatable bonds is 5. The minimum Gasteiger partial charge on any atom is -0.496 e. The van der Waals surface area contributed by atoms with E-state index in [0.717, 1.165) is 46.5 Å². The maximum atomic E-state index is 12.9. The SMILES string of the molecule is COc1cccc(OC)c1C1CCCC(=O)N1Cc1ccc2nccnc2c1. The second kappa shape index (κ2) is 7.84. The molecule has 0 aliphatic carbocycles. The van der Waals surface area contributed by atoms with Crippen molar-refractivity contribution in [3.8, 4) is 11.5 Å². The molecule has 6 nitrogen and oxygen atoms in total. The zero-order valence-corrected chi connectivity index (χ0v) is 16.1. The number of likely N-dealkylation sites (tertiary alicyclic amines) is 1. The van der Waals surface area contributed by atoms with Crippen molar-refractivity contribution in [1.82, 2.24) is 14.9 Å². The standard InChI is InChI=1S/C22H23N3O3/c1-27-19-6-4-7-20(28-2)22(19)18-5-3-8-21(26)25(18)14-15-9-10-16-17(13-15)24-12-11-23-16/h4,6-7,9-13,18H,3,5,8,14H2,1-2H3. The first kappa shape index (κ1) is 18.2. The number of fused-ring (bicyclic) bond motifs is 1. The summed E-state index contributed by atoms with van der Waals surface area (Å²) < 4.78 is 11.2. The van der Waals surface area contributed by atoms with E-state index < -0.39 is 0 Å². The van der Waals surface area contributed by atoms with Gasteiger partial charge in [0.2, 0.25) is 5.91 Å². The van der Waals surface area contributed by atoms with Crippen LogP contribution in [0.15, 0.2) is 48.8 Å². The number of benzene rings is 2. The fraction of sp³-hybridized carbons (Fsp3) is 0.318. The molecule has 1 aliphatic heterocycles. The first-order valence-electron chi connectivity index (χ1n) is 9.41. The summed E-state index contributed by atoms with van der Waals surface area (Å²) in [7, 11) is 3.30. The zero-order valence-electron chi connectivity index (χ0n) is 16.1. The van der Waals surface area contributed by atoms with Crippen LogP contribution >= 0.6 is 0 Å². The molecule has 0 saturated carbocycles. The van der Waals surface area contributed by atoms with E-state index in [1.807, 2.05) is 41.3 Å². The lowest BCUT2D eigenvalue weighted by Gasteiger charge is -2.37. The van der Waals surface area contributed by atoms with Crippen molar-refractivity contribution in [2.45, 2.75) is 31.8 Å². The van der Waals surface area contributed by atoms with Crippen molar-refractivity contribution in [3.63, 3.8) is 0 Å². The highest BCUT2D eigenvalue weighted by Gasteiger charge is 2.33. The van der Waals surface area contributed by atoms with E-state index in [-0.39, 0.29) is 11.9 Å². The van der Waals surface area contributed by atoms with Crippen LogP contribution in [0.1, 0.15) is 36.4 Å². The predicted octanol–water partition coefficient (Wildman–Crippen LogP) is 3.90. The van der Waals surface area contributed by atoms with Gasteiger partial charge in [-0.25, -0.2) is 0 Å². The number of carbonyl (C=O) groups excluding carboxylic acids is 1. The normalized spacial score (nSPS) is 17.0. The Morgan fingerprint density at radius 1 is 1.04 bits per heavy atom. The molecule has 2 heterocycles. The Balaban J connectivity index is 1.72. The molecule has 0 spiro atoms. The van der Waals surface area contributed by atoms with Gasteiger partial charge in [-0.05, 0) is 42.7 Å². The smallest absolute Gasteiger partial charge is 0.223 e. The van der Waals surface area contributed by atoms with Gasteiger partial charge in [0.05, 0.1) is 36.9 Å². The number of piperidine rings is 1. The molecule has 144 valence electrons. The monoisotopic (exact) mass is 377 g/mol. The Morgan fingerprint density at radius 2 is 1.75 bits per heavy atom. The highest BCUT2D eigenvalue weighted by molar-refractivity contribution is 5.78. The maximum Gasteiger partial charge on any atom is 0.223 e. The van der Waals surface area contributed by atoms with Gasteiger partial charge in [0.1, 0.15) is 11.5 Å². The Bertz CT molecular complexity index is 983. The van der Waals surface area contributed by atoms with Crippen LogP contribution in [0.2, 0.25) is 0 Å². The molecule has 1 aromatic heterocycles. The van der Waals surface area contributed by atoms with Crippen LogP contribution < -0.4 is 9.47 Å². The Kier molecular flexibility index (Phi) is 5.10. The number of methoxy groups -OCH3 is 2. The summed E-state index contributed by atoms with van der Waals surface area (Å²) in [5.74, 6) is 1.63. The first-order valence-corrected chi connectivity index (χ1v) is 9.41. The first-order chi connectivity index (χ1) is 13.7. The van der Waals surface area contributed by atoms with E-state index >= 15 is 0 Å².